The number of aryl methyl sites for hydroxylation is 1. The van der Waals surface area contributed by atoms with Crippen LogP contribution in [0.2, 0.25) is 0 Å². The van der Waals surface area contributed by atoms with Crippen LogP contribution in [-0.4, -0.2) is 37.9 Å². The van der Waals surface area contributed by atoms with Crippen molar-refractivity contribution in [2.24, 2.45) is 5.92 Å². The number of carbonyl (C=O) groups excluding carboxylic acids is 2. The lowest BCUT2D eigenvalue weighted by molar-refractivity contribution is -0.119. The van der Waals surface area contributed by atoms with E-state index in [1.807, 2.05) is 27.7 Å². The molecule has 0 radical (unpaired) electrons. The maximum atomic E-state index is 12.7. The molecule has 0 saturated heterocycles. The monoisotopic (exact) mass is 424 g/mol. The van der Waals surface area contributed by atoms with Crippen molar-refractivity contribution in [1.29, 1.82) is 0 Å². The summed E-state index contributed by atoms with van der Waals surface area (Å²) in [6, 6.07) is -0.530. The predicted octanol–water partition coefficient (Wildman–Crippen LogP) is 2.76. The van der Waals surface area contributed by atoms with Gasteiger partial charge in [0.05, 0.1) is 22.1 Å². The Morgan fingerprint density at radius 1 is 1.31 bits per heavy atom. The van der Waals surface area contributed by atoms with Crippen LogP contribution in [0.1, 0.15) is 49.9 Å². The number of anilines is 1. The molecule has 2 aromatic rings. The second-order valence-corrected chi connectivity index (χ2v) is 7.39. The molecule has 2 N–H and O–H groups in total. The van der Waals surface area contributed by atoms with E-state index < -0.39 is 6.04 Å². The molecule has 142 valence electrons. The van der Waals surface area contributed by atoms with Crippen molar-refractivity contribution < 1.29 is 9.59 Å². The molecule has 2 heterocycles. The van der Waals surface area contributed by atoms with E-state index in [4.69, 9.17) is 0 Å². The van der Waals surface area contributed by atoms with Crippen molar-refractivity contribution in [3.63, 3.8) is 0 Å². The van der Waals surface area contributed by atoms with E-state index in [1.165, 1.54) is 0 Å². The predicted molar refractivity (Wildman–Crippen MR) is 103 cm³/mol. The van der Waals surface area contributed by atoms with Crippen LogP contribution in [0.5, 0.6) is 0 Å². The summed E-state index contributed by atoms with van der Waals surface area (Å²) >= 11 is 3.39. The molecule has 8 nitrogen and oxygen atoms in total. The minimum atomic E-state index is -0.530. The molecule has 0 saturated carbocycles. The first kappa shape index (κ1) is 20.2. The van der Waals surface area contributed by atoms with Crippen molar-refractivity contribution in [2.75, 3.05) is 11.9 Å². The van der Waals surface area contributed by atoms with E-state index in [0.717, 1.165) is 10.2 Å². The minimum absolute atomic E-state index is 0.214. The van der Waals surface area contributed by atoms with Crippen molar-refractivity contribution in [3.05, 3.63) is 28.3 Å². The second-order valence-electron chi connectivity index (χ2n) is 6.54. The van der Waals surface area contributed by atoms with Gasteiger partial charge in [0.15, 0.2) is 5.69 Å². The van der Waals surface area contributed by atoms with Crippen molar-refractivity contribution in [1.82, 2.24) is 24.9 Å². The topological polar surface area (TPSA) is 93.8 Å². The molecule has 9 heteroatoms. The number of nitrogens with zero attached hydrogens (tertiary/aromatic N) is 4. The van der Waals surface area contributed by atoms with Gasteiger partial charge in [0.1, 0.15) is 6.04 Å². The average Bonchev–Trinajstić information content (AvgIpc) is 3.16. The van der Waals surface area contributed by atoms with Gasteiger partial charge in [-0.2, -0.15) is 10.2 Å². The number of carbonyl (C=O) groups is 2. The quantitative estimate of drug-likeness (QED) is 0.714. The average molecular weight is 425 g/mol. The Morgan fingerprint density at radius 3 is 2.54 bits per heavy atom. The molecule has 0 aliphatic carbocycles. The largest absolute Gasteiger partial charge is 0.350 e. The molecule has 0 spiro atoms. The van der Waals surface area contributed by atoms with Gasteiger partial charge in [-0.1, -0.05) is 13.8 Å². The number of nitrogens with one attached hydrogen (secondary N) is 2. The van der Waals surface area contributed by atoms with E-state index in [-0.39, 0.29) is 17.5 Å². The Bertz CT molecular complexity index is 795. The molecule has 26 heavy (non-hydrogen) atoms. The summed E-state index contributed by atoms with van der Waals surface area (Å²) < 4.78 is 4.09. The molecule has 0 fully saturated rings. The first-order valence-electron chi connectivity index (χ1n) is 8.60. The Morgan fingerprint density at radius 2 is 2.00 bits per heavy atom. The number of hydrogen-bond donors (Lipinski definition) is 2. The molecule has 1 atom stereocenters. The van der Waals surface area contributed by atoms with Gasteiger partial charge in [-0.05, 0) is 42.6 Å². The molecule has 0 aromatic carbocycles. The first-order chi connectivity index (χ1) is 12.2. The van der Waals surface area contributed by atoms with Gasteiger partial charge in [-0.15, -0.1) is 0 Å². The molecule has 0 bridgehead atoms. The highest BCUT2D eigenvalue weighted by atomic mass is 79.9. The summed E-state index contributed by atoms with van der Waals surface area (Å²) in [7, 11) is 0. The molecule has 0 aliphatic rings. The zero-order valence-corrected chi connectivity index (χ0v) is 17.3. The number of amides is 2. The standard InChI is InChI=1S/C17H25BrN6O2/c1-6-23-9-14(15(22-23)17(26)19-7-10(2)3)21-16(25)12(5)24-11(4)13(18)8-20-24/h8-10,12H,6-7H2,1-5H3,(H,19,26)(H,21,25). The Kier molecular flexibility index (Phi) is 6.57. The van der Waals surface area contributed by atoms with Gasteiger partial charge >= 0.3 is 0 Å². The summed E-state index contributed by atoms with van der Waals surface area (Å²) in [5.41, 5.74) is 1.46. The van der Waals surface area contributed by atoms with Gasteiger partial charge in [-0.3, -0.25) is 19.0 Å². The fourth-order valence-electron chi connectivity index (χ4n) is 2.36. The van der Waals surface area contributed by atoms with E-state index in [0.29, 0.717) is 24.7 Å². The summed E-state index contributed by atoms with van der Waals surface area (Å²) in [4.78, 5) is 25.1. The summed E-state index contributed by atoms with van der Waals surface area (Å²) in [5.74, 6) is -0.240. The maximum absolute atomic E-state index is 12.7. The molecule has 2 amide bonds. The molecular weight excluding hydrogens is 400 g/mol. The number of rotatable bonds is 7. The first-order valence-corrected chi connectivity index (χ1v) is 9.40. The van der Waals surface area contributed by atoms with Crippen LogP contribution in [0.4, 0.5) is 5.69 Å². The van der Waals surface area contributed by atoms with Crippen molar-refractivity contribution in [3.8, 4) is 0 Å². The summed E-state index contributed by atoms with van der Waals surface area (Å²) in [6.45, 7) is 10.7. The summed E-state index contributed by atoms with van der Waals surface area (Å²) in [5, 5.41) is 14.1. The highest BCUT2D eigenvalue weighted by Gasteiger charge is 2.23. The zero-order chi connectivity index (χ0) is 19.4. The third kappa shape index (κ3) is 4.51. The van der Waals surface area contributed by atoms with Gasteiger partial charge in [-0.25, -0.2) is 0 Å². The Hall–Kier alpha value is -2.16. The number of halogens is 1. The normalized spacial score (nSPS) is 12.3. The number of aromatic nitrogens is 4. The fourth-order valence-corrected chi connectivity index (χ4v) is 2.64. The lowest BCUT2D eigenvalue weighted by Gasteiger charge is -2.14. The molecule has 2 aromatic heterocycles. The Labute approximate surface area is 161 Å². The van der Waals surface area contributed by atoms with Crippen LogP contribution < -0.4 is 10.6 Å². The smallest absolute Gasteiger partial charge is 0.273 e. The van der Waals surface area contributed by atoms with Crippen LogP contribution in [0.3, 0.4) is 0 Å². The van der Waals surface area contributed by atoms with Gasteiger partial charge < -0.3 is 10.6 Å². The van der Waals surface area contributed by atoms with Gasteiger partial charge in [0, 0.05) is 19.3 Å². The third-order valence-corrected chi connectivity index (χ3v) is 4.74. The lowest BCUT2D eigenvalue weighted by Crippen LogP contribution is -2.30. The third-order valence-electron chi connectivity index (χ3n) is 3.96. The van der Waals surface area contributed by atoms with E-state index in [9.17, 15) is 9.59 Å². The molecule has 1 unspecified atom stereocenters. The highest BCUT2D eigenvalue weighted by molar-refractivity contribution is 9.10. The molecular formula is C17H25BrN6O2. The van der Waals surface area contributed by atoms with Gasteiger partial charge in [0.2, 0.25) is 5.91 Å². The van der Waals surface area contributed by atoms with Gasteiger partial charge in [0.25, 0.3) is 5.91 Å². The maximum Gasteiger partial charge on any atom is 0.273 e. The van der Waals surface area contributed by atoms with Crippen molar-refractivity contribution in [2.45, 2.75) is 47.2 Å². The van der Waals surface area contributed by atoms with E-state index >= 15 is 0 Å². The lowest BCUT2D eigenvalue weighted by atomic mass is 10.2. The number of hydrogen-bond acceptors (Lipinski definition) is 4. The minimum Gasteiger partial charge on any atom is -0.350 e. The highest BCUT2D eigenvalue weighted by Crippen LogP contribution is 2.21. The van der Waals surface area contributed by atoms with Crippen LogP contribution in [-0.2, 0) is 11.3 Å². The van der Waals surface area contributed by atoms with Crippen LogP contribution in [0, 0.1) is 12.8 Å². The van der Waals surface area contributed by atoms with Crippen molar-refractivity contribution >= 4 is 33.4 Å². The van der Waals surface area contributed by atoms with Crippen LogP contribution in [0.15, 0.2) is 16.9 Å². The van der Waals surface area contributed by atoms with E-state index in [1.54, 1.807) is 28.7 Å². The zero-order valence-electron chi connectivity index (χ0n) is 15.7. The SMILES string of the molecule is CCn1cc(NC(=O)C(C)n2ncc(Br)c2C)c(C(=O)NCC(C)C)n1. The van der Waals surface area contributed by atoms with Crippen LogP contribution >= 0.6 is 15.9 Å². The second kappa shape index (κ2) is 8.48. The van der Waals surface area contributed by atoms with Crippen LogP contribution in [0.25, 0.3) is 0 Å². The van der Waals surface area contributed by atoms with E-state index in [2.05, 4.69) is 36.8 Å². The summed E-state index contributed by atoms with van der Waals surface area (Å²) in [6.07, 6.45) is 3.32. The molecule has 2 rings (SSSR count). The molecule has 0 aliphatic heterocycles. The Balaban J connectivity index is 2.19. The fraction of sp³-hybridized carbons (Fsp3) is 0.529.